The van der Waals surface area contributed by atoms with Crippen molar-refractivity contribution in [3.05, 3.63) is 70.8 Å². The van der Waals surface area contributed by atoms with Crippen molar-refractivity contribution in [1.82, 2.24) is 20.3 Å². The summed E-state index contributed by atoms with van der Waals surface area (Å²) in [5, 5.41) is 7.56. The molecule has 0 radical (unpaired) electrons. The Hall–Kier alpha value is -2.85. The lowest BCUT2D eigenvalue weighted by Crippen LogP contribution is -2.38. The number of nitrogens with zero attached hydrogens (tertiary/aromatic N) is 3. The van der Waals surface area contributed by atoms with Gasteiger partial charge in [-0.25, -0.2) is 15.0 Å². The van der Waals surface area contributed by atoms with Crippen LogP contribution in [0.25, 0.3) is 10.6 Å². The molecule has 3 N–H and O–H groups in total. The third-order valence-corrected chi connectivity index (χ3v) is 7.74. The summed E-state index contributed by atoms with van der Waals surface area (Å²) >= 11 is 9.22. The molecule has 1 saturated heterocycles. The molecule has 35 heavy (non-hydrogen) atoms. The molecule has 1 aliphatic rings. The molecule has 4 aromatic rings. The van der Waals surface area contributed by atoms with Crippen molar-refractivity contribution in [1.29, 1.82) is 0 Å². The molecule has 2 aromatic heterocycles. The zero-order valence-corrected chi connectivity index (χ0v) is 21.5. The lowest BCUT2D eigenvalue weighted by atomic mass is 10.1. The van der Waals surface area contributed by atoms with Gasteiger partial charge >= 0.3 is 0 Å². The van der Waals surface area contributed by atoms with Gasteiger partial charge in [0.25, 0.3) is 0 Å². The molecule has 180 valence electrons. The Morgan fingerprint density at radius 1 is 1.17 bits per heavy atom. The van der Waals surface area contributed by atoms with Gasteiger partial charge in [0.05, 0.1) is 16.2 Å². The topological polar surface area (TPSA) is 84.0 Å². The van der Waals surface area contributed by atoms with E-state index in [-0.39, 0.29) is 0 Å². The van der Waals surface area contributed by atoms with Crippen LogP contribution in [0.4, 0.5) is 11.6 Å². The quantitative estimate of drug-likeness (QED) is 0.221. The number of nitrogens with one attached hydrogen (secondary N) is 3. The smallest absolute Gasteiger partial charge is 0.239 e. The SMILES string of the molecule is Cc1cc(NSc2ccccc2Cl)ccc1Oc1ncsc1-c1ccnc(NC2CCCNC2)n1. The zero-order valence-electron chi connectivity index (χ0n) is 19.1. The minimum absolute atomic E-state index is 0.335. The van der Waals surface area contributed by atoms with Crippen molar-refractivity contribution in [2.45, 2.75) is 30.7 Å². The first-order valence-electron chi connectivity index (χ1n) is 11.4. The predicted octanol–water partition coefficient (Wildman–Crippen LogP) is 6.64. The first-order chi connectivity index (χ1) is 17.2. The molecule has 0 saturated carbocycles. The van der Waals surface area contributed by atoms with Crippen LogP contribution >= 0.6 is 34.9 Å². The molecule has 3 heterocycles. The van der Waals surface area contributed by atoms with Crippen molar-refractivity contribution in [2.75, 3.05) is 23.1 Å². The van der Waals surface area contributed by atoms with Crippen molar-refractivity contribution in [2.24, 2.45) is 0 Å². The third-order valence-electron chi connectivity index (χ3n) is 5.55. The highest BCUT2D eigenvalue weighted by Gasteiger charge is 2.17. The number of aromatic nitrogens is 3. The van der Waals surface area contributed by atoms with Gasteiger partial charge in [-0.2, -0.15) is 0 Å². The molecule has 1 aliphatic heterocycles. The van der Waals surface area contributed by atoms with Gasteiger partial charge in [0, 0.05) is 29.4 Å². The second-order valence-corrected chi connectivity index (χ2v) is 10.3. The molecule has 5 rings (SSSR count). The first kappa shape index (κ1) is 23.9. The van der Waals surface area contributed by atoms with Crippen LogP contribution in [-0.2, 0) is 0 Å². The minimum atomic E-state index is 0.335. The molecule has 1 fully saturated rings. The average Bonchev–Trinajstić information content (AvgIpc) is 3.34. The van der Waals surface area contributed by atoms with Crippen LogP contribution < -0.4 is 20.1 Å². The highest BCUT2D eigenvalue weighted by atomic mass is 35.5. The van der Waals surface area contributed by atoms with Gasteiger partial charge < -0.3 is 20.1 Å². The van der Waals surface area contributed by atoms with Crippen LogP contribution in [-0.4, -0.2) is 34.1 Å². The summed E-state index contributed by atoms with van der Waals surface area (Å²) in [5.74, 6) is 1.90. The van der Waals surface area contributed by atoms with E-state index in [1.54, 1.807) is 11.7 Å². The molecule has 0 amide bonds. The maximum atomic E-state index is 6.25. The van der Waals surface area contributed by atoms with Crippen molar-refractivity contribution < 1.29 is 4.74 Å². The molecule has 7 nitrogen and oxygen atoms in total. The van der Waals surface area contributed by atoms with Gasteiger partial charge in [0.1, 0.15) is 10.6 Å². The summed E-state index contributed by atoms with van der Waals surface area (Å²) in [7, 11) is 0. The van der Waals surface area contributed by atoms with E-state index in [2.05, 4.69) is 25.3 Å². The number of ether oxygens (including phenoxy) is 1. The lowest BCUT2D eigenvalue weighted by molar-refractivity contribution is 0.464. The second-order valence-electron chi connectivity index (χ2n) is 8.16. The number of aryl methyl sites for hydroxylation is 1. The van der Waals surface area contributed by atoms with E-state index in [1.807, 2.05) is 55.5 Å². The van der Waals surface area contributed by atoms with Crippen molar-refractivity contribution in [3.8, 4) is 22.2 Å². The Kier molecular flexibility index (Phi) is 7.68. The molecule has 0 bridgehead atoms. The number of benzene rings is 2. The third kappa shape index (κ3) is 6.05. The number of rotatable bonds is 8. The fourth-order valence-corrected chi connectivity index (χ4v) is 5.37. The maximum Gasteiger partial charge on any atom is 0.239 e. The van der Waals surface area contributed by atoms with Gasteiger partial charge in [-0.1, -0.05) is 23.7 Å². The lowest BCUT2D eigenvalue weighted by Gasteiger charge is -2.23. The fourth-order valence-electron chi connectivity index (χ4n) is 3.76. The van der Waals surface area contributed by atoms with Crippen LogP contribution in [0.15, 0.2) is 65.1 Å². The summed E-state index contributed by atoms with van der Waals surface area (Å²) in [6, 6.07) is 15.9. The Morgan fingerprint density at radius 3 is 2.91 bits per heavy atom. The highest BCUT2D eigenvalue weighted by molar-refractivity contribution is 8.00. The summed E-state index contributed by atoms with van der Waals surface area (Å²) < 4.78 is 9.55. The Morgan fingerprint density at radius 2 is 2.09 bits per heavy atom. The van der Waals surface area contributed by atoms with E-state index < -0.39 is 0 Å². The average molecular weight is 525 g/mol. The molecular weight excluding hydrogens is 500 g/mol. The van der Waals surface area contributed by atoms with Gasteiger partial charge in [0.2, 0.25) is 11.8 Å². The van der Waals surface area contributed by atoms with E-state index in [0.717, 1.165) is 63.4 Å². The van der Waals surface area contributed by atoms with Crippen LogP contribution in [0.2, 0.25) is 5.02 Å². The summed E-state index contributed by atoms with van der Waals surface area (Å²) in [6.45, 7) is 4.00. The maximum absolute atomic E-state index is 6.25. The van der Waals surface area contributed by atoms with E-state index in [9.17, 15) is 0 Å². The number of halogens is 1. The van der Waals surface area contributed by atoms with Crippen LogP contribution in [0, 0.1) is 6.92 Å². The van der Waals surface area contributed by atoms with Gasteiger partial charge in [0.15, 0.2) is 0 Å². The van der Waals surface area contributed by atoms with E-state index in [4.69, 9.17) is 21.3 Å². The Balaban J connectivity index is 1.28. The normalized spacial score (nSPS) is 15.5. The second kappa shape index (κ2) is 11.3. The summed E-state index contributed by atoms with van der Waals surface area (Å²) in [4.78, 5) is 15.4. The number of hydrogen-bond acceptors (Lipinski definition) is 9. The van der Waals surface area contributed by atoms with Crippen LogP contribution in [0.3, 0.4) is 0 Å². The number of anilines is 2. The zero-order chi connectivity index (χ0) is 24.0. The van der Waals surface area contributed by atoms with Crippen molar-refractivity contribution in [3.63, 3.8) is 0 Å². The van der Waals surface area contributed by atoms with E-state index >= 15 is 0 Å². The van der Waals surface area contributed by atoms with Gasteiger partial charge in [-0.05, 0) is 80.2 Å². The summed E-state index contributed by atoms with van der Waals surface area (Å²) in [5.41, 5.74) is 4.51. The molecule has 10 heteroatoms. The number of thiazole rings is 1. The first-order valence-corrected chi connectivity index (χ1v) is 13.4. The molecule has 0 aliphatic carbocycles. The standard InChI is InChI=1S/C25H25ClN6OS2/c1-16-13-17(32-35-22-7-3-2-6-19(22)26)8-9-21(16)33-24-23(34-15-29-24)20-10-12-28-25(31-20)30-18-5-4-11-27-14-18/h2-3,6-10,12-13,15,18,27,32H,4-5,11,14H2,1H3,(H,28,30,31). The fraction of sp³-hybridized carbons (Fsp3) is 0.240. The van der Waals surface area contributed by atoms with Crippen LogP contribution in [0.5, 0.6) is 11.6 Å². The van der Waals surface area contributed by atoms with Crippen molar-refractivity contribution >= 4 is 46.5 Å². The molecule has 1 atom stereocenters. The number of hydrogen-bond donors (Lipinski definition) is 3. The van der Waals surface area contributed by atoms with Gasteiger partial charge in [-0.15, -0.1) is 11.3 Å². The Labute approximate surface area is 217 Å². The van der Waals surface area contributed by atoms with E-state index in [1.165, 1.54) is 23.3 Å². The largest absolute Gasteiger partial charge is 0.437 e. The minimum Gasteiger partial charge on any atom is -0.437 e. The molecular formula is C25H25ClN6OS2. The monoisotopic (exact) mass is 524 g/mol. The van der Waals surface area contributed by atoms with Gasteiger partial charge in [-0.3, -0.25) is 0 Å². The predicted molar refractivity (Wildman–Crippen MR) is 145 cm³/mol. The number of piperidine rings is 1. The van der Waals surface area contributed by atoms with E-state index in [0.29, 0.717) is 17.9 Å². The Bertz CT molecular complexity index is 1290. The summed E-state index contributed by atoms with van der Waals surface area (Å²) in [6.07, 6.45) is 4.03. The molecule has 1 unspecified atom stereocenters. The molecule has 2 aromatic carbocycles. The molecule has 0 spiro atoms. The van der Waals surface area contributed by atoms with Crippen LogP contribution in [0.1, 0.15) is 18.4 Å². The highest BCUT2D eigenvalue weighted by Crippen LogP contribution is 2.37.